The smallest absolute Gasteiger partial charge is 0.159 e. The molecular formula is C11H11ClO. The largest absolute Gasteiger partial charge is 0.294 e. The fourth-order valence-corrected chi connectivity index (χ4v) is 1.28. The maximum Gasteiger partial charge on any atom is 0.159 e. The maximum atomic E-state index is 11.2. The van der Waals surface area contributed by atoms with Crippen molar-refractivity contribution in [2.75, 3.05) is 0 Å². The molecule has 0 aromatic heterocycles. The first-order valence-electron chi connectivity index (χ1n) is 4.13. The van der Waals surface area contributed by atoms with Crippen LogP contribution in [0.4, 0.5) is 0 Å². The van der Waals surface area contributed by atoms with Gasteiger partial charge in [-0.1, -0.05) is 35.9 Å². The van der Waals surface area contributed by atoms with Gasteiger partial charge in [-0.15, -0.1) is 0 Å². The molecule has 2 heteroatoms. The molecule has 68 valence electrons. The molecule has 1 aromatic rings. The molecule has 0 unspecified atom stereocenters. The van der Waals surface area contributed by atoms with Gasteiger partial charge in [0.25, 0.3) is 0 Å². The van der Waals surface area contributed by atoms with Crippen molar-refractivity contribution >= 4 is 17.4 Å². The Balaban J connectivity index is 2.74. The van der Waals surface area contributed by atoms with Gasteiger partial charge in [0.2, 0.25) is 0 Å². The van der Waals surface area contributed by atoms with E-state index in [1.165, 1.54) is 0 Å². The summed E-state index contributed by atoms with van der Waals surface area (Å²) in [7, 11) is 0. The van der Waals surface area contributed by atoms with Crippen molar-refractivity contribution in [3.05, 3.63) is 47.0 Å². The molecule has 1 nitrogen and oxygen atoms in total. The Morgan fingerprint density at radius 2 is 2.15 bits per heavy atom. The number of hydrogen-bond acceptors (Lipinski definition) is 1. The summed E-state index contributed by atoms with van der Waals surface area (Å²) in [5.41, 5.74) is 0.882. The molecule has 0 heterocycles. The highest BCUT2D eigenvalue weighted by molar-refractivity contribution is 6.31. The van der Waals surface area contributed by atoms with Crippen LogP contribution in [-0.2, 0) is 11.2 Å². The van der Waals surface area contributed by atoms with E-state index in [4.69, 9.17) is 11.6 Å². The lowest BCUT2D eigenvalue weighted by atomic mass is 10.1. The topological polar surface area (TPSA) is 17.1 Å². The Kier molecular flexibility index (Phi) is 3.71. The van der Waals surface area contributed by atoms with Gasteiger partial charge in [0.05, 0.1) is 0 Å². The summed E-state index contributed by atoms with van der Waals surface area (Å²) in [5, 5.41) is 0.653. The Hall–Kier alpha value is -1.08. The number of hydrogen-bond donors (Lipinski definition) is 0. The molecule has 0 spiro atoms. The molecule has 0 saturated carbocycles. The van der Waals surface area contributed by atoms with E-state index in [2.05, 4.69) is 0 Å². The predicted molar refractivity (Wildman–Crippen MR) is 55.0 cm³/mol. The second-order valence-electron chi connectivity index (χ2n) is 2.73. The van der Waals surface area contributed by atoms with E-state index in [1.54, 1.807) is 18.2 Å². The van der Waals surface area contributed by atoms with E-state index < -0.39 is 0 Å². The van der Waals surface area contributed by atoms with Crippen LogP contribution < -0.4 is 0 Å². The van der Waals surface area contributed by atoms with E-state index in [-0.39, 0.29) is 5.78 Å². The van der Waals surface area contributed by atoms with Crippen molar-refractivity contribution in [3.63, 3.8) is 0 Å². The number of carbonyl (C=O) groups is 1. The minimum atomic E-state index is 0.0793. The number of rotatable bonds is 3. The summed E-state index contributed by atoms with van der Waals surface area (Å²) in [5.74, 6) is 0.0793. The Morgan fingerprint density at radius 1 is 1.46 bits per heavy atom. The van der Waals surface area contributed by atoms with Crippen molar-refractivity contribution in [2.24, 2.45) is 0 Å². The van der Waals surface area contributed by atoms with Crippen LogP contribution in [0.1, 0.15) is 12.5 Å². The molecule has 0 bridgehead atoms. The lowest BCUT2D eigenvalue weighted by molar-refractivity contribution is -0.114. The minimum Gasteiger partial charge on any atom is -0.294 e. The van der Waals surface area contributed by atoms with Crippen LogP contribution in [0.25, 0.3) is 0 Å². The minimum absolute atomic E-state index is 0.0793. The third-order valence-electron chi connectivity index (χ3n) is 1.68. The van der Waals surface area contributed by atoms with Crippen molar-refractivity contribution in [3.8, 4) is 0 Å². The quantitative estimate of drug-likeness (QED) is 0.676. The zero-order valence-electron chi connectivity index (χ0n) is 7.46. The number of halogens is 1. The van der Waals surface area contributed by atoms with Crippen molar-refractivity contribution in [1.82, 2.24) is 0 Å². The van der Waals surface area contributed by atoms with E-state index in [0.717, 1.165) is 5.56 Å². The highest BCUT2D eigenvalue weighted by atomic mass is 35.5. The molecule has 13 heavy (non-hydrogen) atoms. The van der Waals surface area contributed by atoms with Crippen LogP contribution in [0.3, 0.4) is 0 Å². The first kappa shape index (κ1) is 10.0. The fraction of sp³-hybridized carbons (Fsp3) is 0.182. The van der Waals surface area contributed by atoms with Gasteiger partial charge >= 0.3 is 0 Å². The lowest BCUT2D eigenvalue weighted by Crippen LogP contribution is -1.98. The molecule has 0 fully saturated rings. The molecule has 0 N–H and O–H groups in total. The van der Waals surface area contributed by atoms with Gasteiger partial charge < -0.3 is 0 Å². The van der Waals surface area contributed by atoms with Crippen LogP contribution >= 0.6 is 11.6 Å². The average Bonchev–Trinajstić information content (AvgIpc) is 2.09. The number of ketones is 1. The Labute approximate surface area is 83.0 Å². The summed E-state index contributed by atoms with van der Waals surface area (Å²) in [6.45, 7) is 1.82. The molecule has 0 aliphatic carbocycles. The van der Waals surface area contributed by atoms with E-state index >= 15 is 0 Å². The van der Waals surface area contributed by atoms with Crippen molar-refractivity contribution in [2.45, 2.75) is 13.3 Å². The zero-order valence-corrected chi connectivity index (χ0v) is 8.21. The molecule has 0 aliphatic rings. The van der Waals surface area contributed by atoms with Gasteiger partial charge in [-0.05, 0) is 24.6 Å². The summed E-state index contributed by atoms with van der Waals surface area (Å²) in [6, 6.07) is 7.39. The zero-order chi connectivity index (χ0) is 9.68. The first-order valence-corrected chi connectivity index (χ1v) is 4.50. The van der Waals surface area contributed by atoms with Gasteiger partial charge in [0.15, 0.2) is 5.78 Å². The van der Waals surface area contributed by atoms with E-state index in [1.807, 2.05) is 25.1 Å². The van der Waals surface area contributed by atoms with Crippen LogP contribution in [0, 0.1) is 0 Å². The van der Waals surface area contributed by atoms with Gasteiger partial charge in [0.1, 0.15) is 0 Å². The van der Waals surface area contributed by atoms with Gasteiger partial charge in [-0.2, -0.15) is 0 Å². The third-order valence-corrected chi connectivity index (χ3v) is 2.04. The predicted octanol–water partition coefficient (Wildman–Crippen LogP) is 3.03. The number of allylic oxidation sites excluding steroid dienone is 2. The second-order valence-corrected chi connectivity index (χ2v) is 3.14. The Bertz CT molecular complexity index is 329. The highest BCUT2D eigenvalue weighted by Crippen LogP contribution is 2.15. The normalized spacial score (nSPS) is 10.6. The highest BCUT2D eigenvalue weighted by Gasteiger charge is 2.02. The SMILES string of the molecule is C/C=C\C(=O)Cc1ccccc1Cl. The van der Waals surface area contributed by atoms with Crippen LogP contribution in [0.15, 0.2) is 36.4 Å². The molecule has 1 aromatic carbocycles. The molecule has 1 rings (SSSR count). The Morgan fingerprint density at radius 3 is 2.77 bits per heavy atom. The van der Waals surface area contributed by atoms with Crippen LogP contribution in [0.2, 0.25) is 5.02 Å². The second kappa shape index (κ2) is 4.83. The summed E-state index contributed by atoms with van der Waals surface area (Å²) in [4.78, 5) is 11.2. The third kappa shape index (κ3) is 3.03. The van der Waals surface area contributed by atoms with Gasteiger partial charge in [-0.25, -0.2) is 0 Å². The maximum absolute atomic E-state index is 11.2. The average molecular weight is 195 g/mol. The molecule has 0 saturated heterocycles. The van der Waals surface area contributed by atoms with Crippen molar-refractivity contribution in [1.29, 1.82) is 0 Å². The van der Waals surface area contributed by atoms with Gasteiger partial charge in [0, 0.05) is 11.4 Å². The van der Waals surface area contributed by atoms with Gasteiger partial charge in [-0.3, -0.25) is 4.79 Å². The lowest BCUT2D eigenvalue weighted by Gasteiger charge is -1.99. The number of carbonyl (C=O) groups excluding carboxylic acids is 1. The first-order chi connectivity index (χ1) is 6.24. The van der Waals surface area contributed by atoms with E-state index in [0.29, 0.717) is 11.4 Å². The molecule has 0 amide bonds. The summed E-state index contributed by atoms with van der Waals surface area (Å²) >= 11 is 5.89. The van der Waals surface area contributed by atoms with Crippen LogP contribution in [-0.4, -0.2) is 5.78 Å². The fourth-order valence-electron chi connectivity index (χ4n) is 1.07. The summed E-state index contributed by atoms with van der Waals surface area (Å²) < 4.78 is 0. The molecule has 0 aliphatic heterocycles. The standard InChI is InChI=1S/C11H11ClO/c1-2-5-10(13)8-9-6-3-4-7-11(9)12/h2-7H,8H2,1H3/b5-2-. The number of benzene rings is 1. The van der Waals surface area contributed by atoms with Crippen molar-refractivity contribution < 1.29 is 4.79 Å². The molecule has 0 atom stereocenters. The monoisotopic (exact) mass is 194 g/mol. The summed E-state index contributed by atoms with van der Waals surface area (Å²) in [6.07, 6.45) is 3.67. The molecular weight excluding hydrogens is 184 g/mol. The van der Waals surface area contributed by atoms with Crippen LogP contribution in [0.5, 0.6) is 0 Å². The van der Waals surface area contributed by atoms with E-state index in [9.17, 15) is 4.79 Å². The molecule has 0 radical (unpaired) electrons.